The summed E-state index contributed by atoms with van der Waals surface area (Å²) in [4.78, 5) is 26.9. The molecule has 0 bridgehead atoms. The van der Waals surface area contributed by atoms with Crippen LogP contribution in [-0.4, -0.2) is 49.4 Å². The Morgan fingerprint density at radius 1 is 1.24 bits per heavy atom. The number of benzene rings is 1. The van der Waals surface area contributed by atoms with Crippen molar-refractivity contribution in [1.82, 2.24) is 4.90 Å². The standard InChI is InChI=1S/C17H22F3N3O2/c1-12(16(25)23-9-5-6-10-23)22(2)11-15(24)21-14-8-4-3-7-13(14)17(18,19)20/h3-4,7-8,12H,5-6,9-11H2,1-2H3,(H,21,24)/p+1/t12-/m1/s1. The molecule has 1 fully saturated rings. The first-order valence-corrected chi connectivity index (χ1v) is 8.27. The molecule has 2 N–H and O–H groups in total. The zero-order valence-electron chi connectivity index (χ0n) is 14.3. The highest BCUT2D eigenvalue weighted by Crippen LogP contribution is 2.34. The molecule has 138 valence electrons. The van der Waals surface area contributed by atoms with Gasteiger partial charge >= 0.3 is 6.18 Å². The number of nitrogens with one attached hydrogen (secondary N) is 2. The first kappa shape index (κ1) is 19.2. The average molecular weight is 358 g/mol. The fourth-order valence-corrected chi connectivity index (χ4v) is 2.86. The van der Waals surface area contributed by atoms with Crippen molar-refractivity contribution in [2.24, 2.45) is 0 Å². The van der Waals surface area contributed by atoms with Crippen molar-refractivity contribution in [3.05, 3.63) is 29.8 Å². The number of carbonyl (C=O) groups excluding carboxylic acids is 2. The van der Waals surface area contributed by atoms with Gasteiger partial charge in [0.15, 0.2) is 12.6 Å². The maximum atomic E-state index is 13.0. The molecule has 25 heavy (non-hydrogen) atoms. The quantitative estimate of drug-likeness (QED) is 0.830. The van der Waals surface area contributed by atoms with Crippen molar-refractivity contribution in [1.29, 1.82) is 0 Å². The molecule has 1 saturated heterocycles. The third-order valence-corrected chi connectivity index (χ3v) is 4.47. The number of likely N-dealkylation sites (tertiary alicyclic amines) is 1. The van der Waals surface area contributed by atoms with Gasteiger partial charge in [0.05, 0.1) is 18.3 Å². The Kier molecular flexibility index (Phi) is 6.05. The molecule has 0 aromatic heterocycles. The van der Waals surface area contributed by atoms with Crippen molar-refractivity contribution < 1.29 is 27.7 Å². The van der Waals surface area contributed by atoms with Gasteiger partial charge in [-0.2, -0.15) is 13.2 Å². The first-order chi connectivity index (χ1) is 11.7. The molecule has 1 unspecified atom stereocenters. The van der Waals surface area contributed by atoms with Gasteiger partial charge in [0.25, 0.3) is 11.8 Å². The third-order valence-electron chi connectivity index (χ3n) is 4.47. The van der Waals surface area contributed by atoms with E-state index in [9.17, 15) is 22.8 Å². The Morgan fingerprint density at radius 3 is 2.44 bits per heavy atom. The molecule has 8 heteroatoms. The summed E-state index contributed by atoms with van der Waals surface area (Å²) in [5, 5.41) is 2.31. The van der Waals surface area contributed by atoms with Gasteiger partial charge in [-0.3, -0.25) is 9.59 Å². The van der Waals surface area contributed by atoms with Gasteiger partial charge in [0.2, 0.25) is 0 Å². The largest absolute Gasteiger partial charge is 0.418 e. The van der Waals surface area contributed by atoms with Crippen LogP contribution < -0.4 is 10.2 Å². The highest BCUT2D eigenvalue weighted by molar-refractivity contribution is 5.92. The fourth-order valence-electron chi connectivity index (χ4n) is 2.86. The number of nitrogens with zero attached hydrogens (tertiary/aromatic N) is 1. The first-order valence-electron chi connectivity index (χ1n) is 8.27. The minimum Gasteiger partial charge on any atom is -0.338 e. The van der Waals surface area contributed by atoms with Crippen LogP contribution in [0.2, 0.25) is 0 Å². The van der Waals surface area contributed by atoms with Crippen LogP contribution in [-0.2, 0) is 15.8 Å². The van der Waals surface area contributed by atoms with Gasteiger partial charge in [0.1, 0.15) is 0 Å². The molecule has 2 rings (SSSR count). The highest BCUT2D eigenvalue weighted by atomic mass is 19.4. The number of quaternary nitrogens is 1. The maximum Gasteiger partial charge on any atom is 0.418 e. The molecule has 1 aliphatic heterocycles. The summed E-state index contributed by atoms with van der Waals surface area (Å²) in [5.74, 6) is -0.589. The number of amides is 2. The Hall–Kier alpha value is -2.09. The molecular weight excluding hydrogens is 335 g/mol. The topological polar surface area (TPSA) is 53.9 Å². The summed E-state index contributed by atoms with van der Waals surface area (Å²) in [6.45, 7) is 3.09. The van der Waals surface area contributed by atoms with Crippen LogP contribution in [0.1, 0.15) is 25.3 Å². The Balaban J connectivity index is 1.97. The minimum atomic E-state index is -4.54. The van der Waals surface area contributed by atoms with Crippen LogP contribution in [0, 0.1) is 0 Å². The van der Waals surface area contributed by atoms with Crippen LogP contribution in [0.4, 0.5) is 18.9 Å². The van der Waals surface area contributed by atoms with Crippen LogP contribution in [0.3, 0.4) is 0 Å². The van der Waals surface area contributed by atoms with Gasteiger partial charge in [-0.05, 0) is 31.9 Å². The lowest BCUT2D eigenvalue weighted by molar-refractivity contribution is -0.886. The van der Waals surface area contributed by atoms with E-state index in [1.165, 1.54) is 18.2 Å². The van der Waals surface area contributed by atoms with Crippen molar-refractivity contribution >= 4 is 17.5 Å². The zero-order chi connectivity index (χ0) is 18.6. The van der Waals surface area contributed by atoms with Gasteiger partial charge < -0.3 is 15.1 Å². The molecule has 2 amide bonds. The van der Waals surface area contributed by atoms with Crippen molar-refractivity contribution in [3.63, 3.8) is 0 Å². The van der Waals surface area contributed by atoms with Crippen LogP contribution >= 0.6 is 0 Å². The van der Waals surface area contributed by atoms with E-state index >= 15 is 0 Å². The Labute approximate surface area is 144 Å². The summed E-state index contributed by atoms with van der Waals surface area (Å²) < 4.78 is 38.9. The summed E-state index contributed by atoms with van der Waals surface area (Å²) in [6.07, 6.45) is -2.58. The molecule has 0 radical (unpaired) electrons. The van der Waals surface area contributed by atoms with Crippen molar-refractivity contribution in [2.45, 2.75) is 32.0 Å². The monoisotopic (exact) mass is 358 g/mol. The molecule has 0 spiro atoms. The highest BCUT2D eigenvalue weighted by Gasteiger charge is 2.34. The molecule has 0 aliphatic carbocycles. The predicted octanol–water partition coefficient (Wildman–Crippen LogP) is 1.17. The van der Waals surface area contributed by atoms with Gasteiger partial charge in [-0.25, -0.2) is 0 Å². The second-order valence-corrected chi connectivity index (χ2v) is 6.37. The molecule has 1 aliphatic rings. The van der Waals surface area contributed by atoms with Crippen molar-refractivity contribution in [2.75, 3.05) is 32.0 Å². The van der Waals surface area contributed by atoms with Crippen LogP contribution in [0.15, 0.2) is 24.3 Å². The van der Waals surface area contributed by atoms with Crippen LogP contribution in [0.5, 0.6) is 0 Å². The minimum absolute atomic E-state index is 0.0292. The van der Waals surface area contributed by atoms with E-state index in [1.807, 2.05) is 0 Å². The van der Waals surface area contributed by atoms with E-state index in [0.29, 0.717) is 4.90 Å². The summed E-state index contributed by atoms with van der Waals surface area (Å²) >= 11 is 0. The van der Waals surface area contributed by atoms with Gasteiger partial charge in [0, 0.05) is 13.1 Å². The summed E-state index contributed by atoms with van der Waals surface area (Å²) in [6, 6.07) is 4.41. The number of halogens is 3. The number of alkyl halides is 3. The lowest BCUT2D eigenvalue weighted by Gasteiger charge is -2.25. The normalized spacial score (nSPS) is 17.2. The number of carbonyl (C=O) groups is 2. The number of anilines is 1. The molecule has 5 nitrogen and oxygen atoms in total. The molecular formula is C17H23F3N3O2+. The molecule has 1 aromatic rings. The SMILES string of the molecule is C[C@H](C(=O)N1CCCC1)[NH+](C)CC(=O)Nc1ccccc1C(F)(F)F. The smallest absolute Gasteiger partial charge is 0.338 e. The lowest BCUT2D eigenvalue weighted by atomic mass is 10.1. The Morgan fingerprint density at radius 2 is 1.84 bits per heavy atom. The average Bonchev–Trinajstić information content (AvgIpc) is 3.07. The van der Waals surface area contributed by atoms with E-state index in [2.05, 4.69) is 5.32 Å². The molecule has 2 atom stereocenters. The van der Waals surface area contributed by atoms with E-state index in [0.717, 1.165) is 32.0 Å². The molecule has 1 aromatic carbocycles. The van der Waals surface area contributed by atoms with E-state index < -0.39 is 23.7 Å². The second kappa shape index (κ2) is 7.86. The lowest BCUT2D eigenvalue weighted by Crippen LogP contribution is -3.15. The number of hydrogen-bond acceptors (Lipinski definition) is 2. The molecule has 1 heterocycles. The second-order valence-electron chi connectivity index (χ2n) is 6.37. The van der Waals surface area contributed by atoms with E-state index in [-0.39, 0.29) is 18.1 Å². The van der Waals surface area contributed by atoms with Gasteiger partial charge in [-0.15, -0.1) is 0 Å². The number of rotatable bonds is 5. The zero-order valence-corrected chi connectivity index (χ0v) is 14.3. The fraction of sp³-hybridized carbons (Fsp3) is 0.529. The van der Waals surface area contributed by atoms with Crippen LogP contribution in [0.25, 0.3) is 0 Å². The van der Waals surface area contributed by atoms with E-state index in [1.54, 1.807) is 18.9 Å². The third kappa shape index (κ3) is 4.94. The summed E-state index contributed by atoms with van der Waals surface area (Å²) in [7, 11) is 1.69. The van der Waals surface area contributed by atoms with Crippen molar-refractivity contribution in [3.8, 4) is 0 Å². The molecule has 0 saturated carbocycles. The summed E-state index contributed by atoms with van der Waals surface area (Å²) in [5.41, 5.74) is -1.16. The number of hydrogen-bond donors (Lipinski definition) is 2. The maximum absolute atomic E-state index is 13.0. The van der Waals surface area contributed by atoms with Gasteiger partial charge in [-0.1, -0.05) is 12.1 Å². The Bertz CT molecular complexity index is 628. The van der Waals surface area contributed by atoms with E-state index in [4.69, 9.17) is 0 Å². The predicted molar refractivity (Wildman–Crippen MR) is 87.1 cm³/mol. The number of para-hydroxylation sites is 1. The number of likely N-dealkylation sites (N-methyl/N-ethyl adjacent to an activating group) is 1.